The minimum atomic E-state index is -0.569. The van der Waals surface area contributed by atoms with Crippen molar-refractivity contribution < 1.29 is 48.2 Å². The van der Waals surface area contributed by atoms with Gasteiger partial charge in [0.25, 0.3) is 0 Å². The largest absolute Gasteiger partial charge is 0.487 e. The van der Waals surface area contributed by atoms with Gasteiger partial charge in [-0.3, -0.25) is 0 Å². The highest BCUT2D eigenvalue weighted by atomic mass is 16.6. The van der Waals surface area contributed by atoms with Gasteiger partial charge in [0.2, 0.25) is 0 Å². The molecule has 4 aromatic rings. The third-order valence-electron chi connectivity index (χ3n) is 17.9. The first kappa shape index (κ1) is 55.2. The Balaban J connectivity index is 0.000000170. The number of fused-ring (bicyclic) bond motifs is 6. The molecule has 79 heavy (non-hydrogen) atoms. The summed E-state index contributed by atoms with van der Waals surface area (Å²) >= 11 is 0. The maximum Gasteiger partial charge on any atom is 0.407 e. The van der Waals surface area contributed by atoms with Gasteiger partial charge in [0, 0.05) is 106 Å². The summed E-state index contributed by atoms with van der Waals surface area (Å²) in [6, 6.07) is 4.32. The van der Waals surface area contributed by atoms with Crippen molar-refractivity contribution in [3.63, 3.8) is 0 Å². The second-order valence-corrected chi connectivity index (χ2v) is 24.1. The van der Waals surface area contributed by atoms with Gasteiger partial charge in [-0.25, -0.2) is 34.7 Å². The topological polar surface area (TPSA) is 250 Å². The van der Waals surface area contributed by atoms with Crippen molar-refractivity contribution in [3.05, 3.63) is 48.3 Å². The maximum absolute atomic E-state index is 12.6. The molecule has 2 spiro atoms. The van der Waals surface area contributed by atoms with E-state index in [0.717, 1.165) is 119 Å². The number of carbonyl (C=O) groups is 1. The smallest absolute Gasteiger partial charge is 0.407 e. The van der Waals surface area contributed by atoms with Gasteiger partial charge >= 0.3 is 6.09 Å². The van der Waals surface area contributed by atoms with Gasteiger partial charge in [0.05, 0.1) is 93.8 Å². The Bertz CT molecular complexity index is 2810. The van der Waals surface area contributed by atoms with Crippen LogP contribution < -0.4 is 40.1 Å². The van der Waals surface area contributed by atoms with Gasteiger partial charge in [0.1, 0.15) is 30.2 Å². The van der Waals surface area contributed by atoms with Crippen LogP contribution in [0.25, 0.3) is 22.5 Å². The van der Waals surface area contributed by atoms with Crippen molar-refractivity contribution in [1.29, 1.82) is 0 Å². The number of alkyl carbamates (subject to hydrolysis) is 1. The summed E-state index contributed by atoms with van der Waals surface area (Å²) in [5.41, 5.74) is 9.85. The Morgan fingerprint density at radius 1 is 0.709 bits per heavy atom. The maximum atomic E-state index is 12.6. The number of carbonyl (C=O) groups excluding carboxylic acids is 1. The molecule has 1 amide bonds. The number of nitrogens with two attached hydrogens (primary N) is 1. The van der Waals surface area contributed by atoms with E-state index in [0.29, 0.717) is 85.1 Å². The standard InChI is InChI=1S/C31H44N6O6.C26H36N6O4/c1-19-26(35-29(39)43-30(2,3)4)31(18-42-19)7-10-36(11-8-31)27-24(15-38)34-23(13-33-27)22-6-9-32-28-25(22)41-17-21-12-20(16-40-5)14-37(21)28;1-16-23(27)26(15-36-16)4-7-31(8-5-26)24-21(12-33)30-20(10-29-24)19-3-6-28-25-22(19)35-14-18-9-17(13-34-2)11-32(18)25/h6,9,13,19-21,26,38H,7-8,10-12,14-18H2,1-5H3,(H,35,39);3,6,10,16-18,23,33H,4-5,7-9,11-15,27H2,1-2H3/t19-,20-,21-,26+;16-,17-,18-,23+/m00/s1. The SMILES string of the molecule is COC[C@H]1C[C@H]2COc3c(-c4cnc(N5CCC6(CC5)CO[C@@H](C)[C@H]6N)c(CO)n4)ccnc3N2C1.COC[C@H]1C[C@H]2COc3c(-c4cnc(N5CCC6(CC5)CO[C@@H](C)[C@H]6NC(=O)OC(C)(C)C)c(CO)n4)ccnc3N2C1. The normalized spacial score (nSPS) is 27.4. The van der Waals surface area contributed by atoms with Gasteiger partial charge < -0.3 is 74.0 Å². The summed E-state index contributed by atoms with van der Waals surface area (Å²) in [4.78, 5) is 50.3. The predicted octanol–water partition coefficient (Wildman–Crippen LogP) is 4.76. The number of rotatable bonds is 11. The minimum absolute atomic E-state index is 0.0335. The second-order valence-electron chi connectivity index (χ2n) is 24.1. The number of ether oxygens (including phenoxy) is 7. The van der Waals surface area contributed by atoms with E-state index in [1.54, 1.807) is 39.0 Å². The molecule has 6 saturated heterocycles. The van der Waals surface area contributed by atoms with Crippen LogP contribution in [0, 0.1) is 22.7 Å². The van der Waals surface area contributed by atoms with E-state index >= 15 is 0 Å². The number of nitrogens with one attached hydrogen (secondary N) is 1. The summed E-state index contributed by atoms with van der Waals surface area (Å²) < 4.78 is 40.7. The van der Waals surface area contributed by atoms with Crippen molar-refractivity contribution in [3.8, 4) is 34.0 Å². The first-order chi connectivity index (χ1) is 38.1. The molecule has 428 valence electrons. The molecule has 8 atom stereocenters. The van der Waals surface area contributed by atoms with Gasteiger partial charge in [-0.15, -0.1) is 0 Å². The van der Waals surface area contributed by atoms with Crippen LogP contribution in [0.15, 0.2) is 36.9 Å². The van der Waals surface area contributed by atoms with Crippen LogP contribution in [0.2, 0.25) is 0 Å². The summed E-state index contributed by atoms with van der Waals surface area (Å²) in [7, 11) is 3.49. The molecule has 0 saturated carbocycles. The molecule has 22 nitrogen and oxygen atoms in total. The number of hydrogen-bond acceptors (Lipinski definition) is 21. The molecule has 4 aromatic heterocycles. The second kappa shape index (κ2) is 22.7. The molecule has 12 rings (SSSR count). The summed E-state index contributed by atoms with van der Waals surface area (Å²) in [5.74, 6) is 5.46. The fourth-order valence-electron chi connectivity index (χ4n) is 13.7. The number of methoxy groups -OCH3 is 2. The van der Waals surface area contributed by atoms with Crippen LogP contribution >= 0.6 is 0 Å². The van der Waals surface area contributed by atoms with Crippen LogP contribution in [0.4, 0.5) is 28.1 Å². The Hall–Kier alpha value is -5.75. The molecule has 8 aliphatic rings. The van der Waals surface area contributed by atoms with Crippen molar-refractivity contribution in [2.75, 3.05) is 113 Å². The Labute approximate surface area is 463 Å². The van der Waals surface area contributed by atoms with Crippen LogP contribution in [-0.2, 0) is 36.9 Å². The lowest BCUT2D eigenvalue weighted by Gasteiger charge is -2.43. The van der Waals surface area contributed by atoms with Crippen LogP contribution in [0.1, 0.15) is 84.5 Å². The highest BCUT2D eigenvalue weighted by Gasteiger charge is 2.52. The van der Waals surface area contributed by atoms with Crippen LogP contribution in [0.5, 0.6) is 11.5 Å². The van der Waals surface area contributed by atoms with E-state index in [9.17, 15) is 15.0 Å². The van der Waals surface area contributed by atoms with Crippen molar-refractivity contribution in [2.45, 2.75) is 128 Å². The molecular formula is C57H80N12O10. The van der Waals surface area contributed by atoms with Crippen molar-refractivity contribution in [2.24, 2.45) is 28.4 Å². The molecule has 5 N–H and O–H groups in total. The lowest BCUT2D eigenvalue weighted by Crippen LogP contribution is -2.55. The molecule has 0 aliphatic carbocycles. The summed E-state index contributed by atoms with van der Waals surface area (Å²) in [5, 5.41) is 23.7. The van der Waals surface area contributed by atoms with Gasteiger partial charge in [-0.1, -0.05) is 0 Å². The zero-order valence-electron chi connectivity index (χ0n) is 46.9. The van der Waals surface area contributed by atoms with Crippen LogP contribution in [-0.4, -0.2) is 181 Å². The molecule has 0 radical (unpaired) electrons. The first-order valence-corrected chi connectivity index (χ1v) is 28.3. The minimum Gasteiger partial charge on any atom is -0.487 e. The number of aromatic nitrogens is 6. The Morgan fingerprint density at radius 3 is 1.62 bits per heavy atom. The Morgan fingerprint density at radius 2 is 1.18 bits per heavy atom. The number of nitrogens with zero attached hydrogens (tertiary/aromatic N) is 10. The number of amides is 1. The third-order valence-corrected chi connectivity index (χ3v) is 17.9. The predicted molar refractivity (Wildman–Crippen MR) is 295 cm³/mol. The number of aliphatic hydroxyl groups excluding tert-OH is 2. The number of pyridine rings is 2. The highest BCUT2D eigenvalue weighted by Crippen LogP contribution is 2.48. The van der Waals surface area contributed by atoms with Gasteiger partial charge in [-0.2, -0.15) is 0 Å². The molecule has 0 unspecified atom stereocenters. The lowest BCUT2D eigenvalue weighted by molar-refractivity contribution is 0.0434. The van der Waals surface area contributed by atoms with E-state index in [-0.39, 0.29) is 54.4 Å². The van der Waals surface area contributed by atoms with E-state index in [4.69, 9.17) is 58.8 Å². The summed E-state index contributed by atoms with van der Waals surface area (Å²) in [6.07, 6.45) is 12.3. The molecule has 6 fully saturated rings. The average Bonchev–Trinajstić information content (AvgIpc) is 4.31. The number of piperidine rings is 2. The van der Waals surface area contributed by atoms with Crippen molar-refractivity contribution >= 4 is 29.4 Å². The van der Waals surface area contributed by atoms with E-state index in [1.165, 1.54) is 0 Å². The van der Waals surface area contributed by atoms with Gasteiger partial charge in [-0.05, 0) is 85.3 Å². The number of hydrogen-bond donors (Lipinski definition) is 4. The quantitative estimate of drug-likeness (QED) is 0.158. The molecule has 0 aromatic carbocycles. The zero-order valence-corrected chi connectivity index (χ0v) is 46.9. The van der Waals surface area contributed by atoms with E-state index in [2.05, 4.69) is 41.8 Å². The number of aliphatic hydroxyl groups is 2. The molecular weight excluding hydrogens is 1010 g/mol. The van der Waals surface area contributed by atoms with E-state index < -0.39 is 11.7 Å². The van der Waals surface area contributed by atoms with Crippen LogP contribution in [0.3, 0.4) is 0 Å². The third kappa shape index (κ3) is 10.9. The van der Waals surface area contributed by atoms with Crippen molar-refractivity contribution in [1.82, 2.24) is 35.2 Å². The number of anilines is 4. The molecule has 0 bridgehead atoms. The summed E-state index contributed by atoms with van der Waals surface area (Å²) in [6.45, 7) is 18.0. The molecule has 8 aliphatic heterocycles. The Kier molecular flexibility index (Phi) is 15.8. The highest BCUT2D eigenvalue weighted by molar-refractivity contribution is 5.77. The fourth-order valence-corrected chi connectivity index (χ4v) is 13.7. The van der Waals surface area contributed by atoms with E-state index in [1.807, 2.05) is 39.8 Å². The first-order valence-electron chi connectivity index (χ1n) is 28.3. The zero-order chi connectivity index (χ0) is 55.2. The average molecular weight is 1090 g/mol. The molecule has 22 heteroatoms. The monoisotopic (exact) mass is 1090 g/mol. The van der Waals surface area contributed by atoms with Gasteiger partial charge in [0.15, 0.2) is 34.8 Å². The molecule has 12 heterocycles. The lowest BCUT2D eigenvalue weighted by atomic mass is 9.73. The fraction of sp³-hybridized carbons (Fsp3) is 0.667.